The maximum Gasteiger partial charge on any atom is 0.187 e. The minimum absolute atomic E-state index is 0.864. The van der Waals surface area contributed by atoms with Crippen molar-refractivity contribution in [3.8, 4) is 0 Å². The third-order valence-electron chi connectivity index (χ3n) is 5.96. The lowest BCUT2D eigenvalue weighted by atomic mass is 9.96. The fourth-order valence-electron chi connectivity index (χ4n) is 3.95. The highest BCUT2D eigenvalue weighted by atomic mass is 16.7. The SMILES string of the molecule is C[C@@H]1O[C@@H](O[C@@H]2[C@@H](O)[C@@H](O)[C@H](O[C@@H]3[C@H](O)[C@@H](O)[C@H](O)O[C@@H]3C)O[C@H]2C)[C@H](O)[C@H](O)[C@H]1O. The number of hydrogen-bond donors (Lipinski definition) is 8. The van der Waals surface area contributed by atoms with Crippen LogP contribution in [0.2, 0.25) is 0 Å². The van der Waals surface area contributed by atoms with E-state index in [1.54, 1.807) is 0 Å². The van der Waals surface area contributed by atoms with Gasteiger partial charge in [-0.1, -0.05) is 0 Å². The second-order valence-corrected chi connectivity index (χ2v) is 8.29. The molecule has 13 nitrogen and oxygen atoms in total. The van der Waals surface area contributed by atoms with E-state index < -0.39 is 92.1 Å². The Morgan fingerprint density at radius 1 is 0.452 bits per heavy atom. The molecule has 3 heterocycles. The summed E-state index contributed by atoms with van der Waals surface area (Å²) in [5.41, 5.74) is 0. The molecule has 0 aromatic heterocycles. The van der Waals surface area contributed by atoms with Crippen LogP contribution >= 0.6 is 0 Å². The van der Waals surface area contributed by atoms with Crippen LogP contribution < -0.4 is 0 Å². The first-order valence-corrected chi connectivity index (χ1v) is 10.2. The van der Waals surface area contributed by atoms with Crippen molar-refractivity contribution in [2.45, 2.75) is 113 Å². The van der Waals surface area contributed by atoms with Crippen LogP contribution in [-0.4, -0.2) is 133 Å². The van der Waals surface area contributed by atoms with E-state index >= 15 is 0 Å². The summed E-state index contributed by atoms with van der Waals surface area (Å²) in [7, 11) is 0. The van der Waals surface area contributed by atoms with Crippen molar-refractivity contribution in [1.29, 1.82) is 0 Å². The van der Waals surface area contributed by atoms with Crippen molar-refractivity contribution in [1.82, 2.24) is 0 Å². The van der Waals surface area contributed by atoms with Crippen molar-refractivity contribution in [2.75, 3.05) is 0 Å². The Morgan fingerprint density at radius 3 is 1.42 bits per heavy atom. The van der Waals surface area contributed by atoms with Crippen LogP contribution in [0.3, 0.4) is 0 Å². The molecule has 0 bridgehead atoms. The van der Waals surface area contributed by atoms with Crippen LogP contribution in [0.4, 0.5) is 0 Å². The van der Waals surface area contributed by atoms with Gasteiger partial charge >= 0.3 is 0 Å². The van der Waals surface area contributed by atoms with Crippen LogP contribution in [0.15, 0.2) is 0 Å². The molecule has 8 N–H and O–H groups in total. The predicted molar refractivity (Wildman–Crippen MR) is 97.0 cm³/mol. The molecule has 182 valence electrons. The molecule has 3 aliphatic rings. The van der Waals surface area contributed by atoms with Gasteiger partial charge in [-0.2, -0.15) is 0 Å². The van der Waals surface area contributed by atoms with E-state index in [2.05, 4.69) is 0 Å². The first-order chi connectivity index (χ1) is 14.4. The molecule has 15 atom stereocenters. The van der Waals surface area contributed by atoms with Gasteiger partial charge in [-0.15, -0.1) is 0 Å². The smallest absolute Gasteiger partial charge is 0.187 e. The Hall–Kier alpha value is -0.520. The zero-order chi connectivity index (χ0) is 23.2. The van der Waals surface area contributed by atoms with E-state index in [1.807, 2.05) is 0 Å². The molecular formula is C18H32O13. The predicted octanol–water partition coefficient (Wildman–Crippen LogP) is -4.49. The maximum absolute atomic E-state index is 10.6. The van der Waals surface area contributed by atoms with Gasteiger partial charge in [0.25, 0.3) is 0 Å². The van der Waals surface area contributed by atoms with E-state index in [0.29, 0.717) is 0 Å². The Bertz CT molecular complexity index is 595. The monoisotopic (exact) mass is 456 g/mol. The molecule has 13 heteroatoms. The van der Waals surface area contributed by atoms with Gasteiger partial charge in [0.15, 0.2) is 18.9 Å². The standard InChI is InChI=1S/C18H32O13/c1-4-7(19)8(20)12(24)17(28-4)31-15-6(3)29-18(13(25)10(15)22)30-14-5(2)27-16(26)11(23)9(14)21/h4-26H,1-3H3/t4-,5+,6-,7-,8+,9+,10-,11+,12+,13+,14-,15-,16+,17-,18-/m0/s1. The third-order valence-corrected chi connectivity index (χ3v) is 5.96. The van der Waals surface area contributed by atoms with Crippen molar-refractivity contribution < 1.29 is 64.5 Å². The summed E-state index contributed by atoms with van der Waals surface area (Å²) >= 11 is 0. The molecule has 3 aliphatic heterocycles. The molecule has 3 rings (SSSR count). The molecule has 0 saturated carbocycles. The summed E-state index contributed by atoms with van der Waals surface area (Å²) in [5, 5.41) is 80.4. The largest absolute Gasteiger partial charge is 0.388 e. The lowest BCUT2D eigenvalue weighted by Crippen LogP contribution is -2.65. The number of hydrogen-bond acceptors (Lipinski definition) is 13. The Morgan fingerprint density at radius 2 is 0.871 bits per heavy atom. The van der Waals surface area contributed by atoms with Crippen LogP contribution in [0.1, 0.15) is 20.8 Å². The van der Waals surface area contributed by atoms with Crippen molar-refractivity contribution in [3.05, 3.63) is 0 Å². The van der Waals surface area contributed by atoms with Gasteiger partial charge in [-0.05, 0) is 20.8 Å². The lowest BCUT2D eigenvalue weighted by molar-refractivity contribution is -0.370. The van der Waals surface area contributed by atoms with Crippen LogP contribution in [0, 0.1) is 0 Å². The molecule has 0 aliphatic carbocycles. The Balaban J connectivity index is 1.65. The molecule has 31 heavy (non-hydrogen) atoms. The molecule has 0 aromatic rings. The third kappa shape index (κ3) is 4.89. The van der Waals surface area contributed by atoms with Gasteiger partial charge < -0.3 is 64.5 Å². The summed E-state index contributed by atoms with van der Waals surface area (Å²) in [6.45, 7) is 4.44. The van der Waals surface area contributed by atoms with Crippen LogP contribution in [0.5, 0.6) is 0 Å². The van der Waals surface area contributed by atoms with E-state index in [1.165, 1.54) is 20.8 Å². The second-order valence-electron chi connectivity index (χ2n) is 8.29. The fraction of sp³-hybridized carbons (Fsp3) is 1.00. The number of rotatable bonds is 4. The molecule has 0 unspecified atom stereocenters. The lowest BCUT2D eigenvalue weighted by Gasteiger charge is -2.47. The van der Waals surface area contributed by atoms with Crippen LogP contribution in [-0.2, 0) is 23.7 Å². The average Bonchev–Trinajstić information content (AvgIpc) is 2.72. The molecular weight excluding hydrogens is 424 g/mol. The Kier molecular flexibility index (Phi) is 7.91. The number of aliphatic hydroxyl groups is 8. The Labute approximate surface area is 178 Å². The number of aliphatic hydroxyl groups excluding tert-OH is 8. The van der Waals surface area contributed by atoms with Crippen molar-refractivity contribution in [3.63, 3.8) is 0 Å². The molecule has 0 amide bonds. The van der Waals surface area contributed by atoms with Gasteiger partial charge in [0.1, 0.15) is 54.9 Å². The zero-order valence-electron chi connectivity index (χ0n) is 17.3. The van der Waals surface area contributed by atoms with Gasteiger partial charge in [0, 0.05) is 0 Å². The van der Waals surface area contributed by atoms with Gasteiger partial charge in [0.2, 0.25) is 0 Å². The summed E-state index contributed by atoms with van der Waals surface area (Å²) in [4.78, 5) is 0. The van der Waals surface area contributed by atoms with Crippen LogP contribution in [0.25, 0.3) is 0 Å². The summed E-state index contributed by atoms with van der Waals surface area (Å²) in [5.74, 6) is 0. The highest BCUT2D eigenvalue weighted by Crippen LogP contribution is 2.31. The summed E-state index contributed by atoms with van der Waals surface area (Å²) in [6, 6.07) is 0. The van der Waals surface area contributed by atoms with Crippen molar-refractivity contribution in [2.24, 2.45) is 0 Å². The highest BCUT2D eigenvalue weighted by molar-refractivity contribution is 4.94. The van der Waals surface area contributed by atoms with E-state index in [9.17, 15) is 40.9 Å². The summed E-state index contributed by atoms with van der Waals surface area (Å²) < 4.78 is 27.1. The van der Waals surface area contributed by atoms with Gasteiger partial charge in [-0.3, -0.25) is 0 Å². The fourth-order valence-corrected chi connectivity index (χ4v) is 3.95. The molecule has 3 saturated heterocycles. The van der Waals surface area contributed by atoms with Gasteiger partial charge in [0.05, 0.1) is 18.3 Å². The zero-order valence-corrected chi connectivity index (χ0v) is 17.3. The molecule has 0 radical (unpaired) electrons. The quantitative estimate of drug-likeness (QED) is 0.201. The maximum atomic E-state index is 10.6. The highest BCUT2D eigenvalue weighted by Gasteiger charge is 2.51. The molecule has 3 fully saturated rings. The summed E-state index contributed by atoms with van der Waals surface area (Å²) in [6.07, 6.45) is -20.4. The van der Waals surface area contributed by atoms with Crippen molar-refractivity contribution >= 4 is 0 Å². The molecule has 0 aromatic carbocycles. The van der Waals surface area contributed by atoms with E-state index in [0.717, 1.165) is 0 Å². The van der Waals surface area contributed by atoms with E-state index in [-0.39, 0.29) is 0 Å². The topological polar surface area (TPSA) is 208 Å². The minimum atomic E-state index is -1.67. The minimum Gasteiger partial charge on any atom is -0.388 e. The van der Waals surface area contributed by atoms with E-state index in [4.69, 9.17) is 23.7 Å². The average molecular weight is 456 g/mol. The normalized spacial score (nSPS) is 56.4. The second kappa shape index (κ2) is 9.77. The molecule has 0 spiro atoms. The van der Waals surface area contributed by atoms with Gasteiger partial charge in [-0.25, -0.2) is 0 Å². The first-order valence-electron chi connectivity index (χ1n) is 10.2. The first kappa shape index (κ1) is 25.1. The number of ether oxygens (including phenoxy) is 5.